The highest BCUT2D eigenvalue weighted by atomic mass is 32.1. The molecule has 4 rings (SSSR count). The summed E-state index contributed by atoms with van der Waals surface area (Å²) in [7, 11) is 1.67. The molecule has 6 heteroatoms. The molecule has 0 unspecified atom stereocenters. The van der Waals surface area contributed by atoms with Crippen LogP contribution < -0.4 is 10.1 Å². The highest BCUT2D eigenvalue weighted by Crippen LogP contribution is 2.26. The third-order valence-electron chi connectivity index (χ3n) is 4.99. The molecule has 1 atom stereocenters. The zero-order chi connectivity index (χ0) is 20.2. The van der Waals surface area contributed by atoms with Crippen LogP contribution in [0.2, 0.25) is 0 Å². The molecule has 0 saturated carbocycles. The van der Waals surface area contributed by atoms with Gasteiger partial charge < -0.3 is 10.1 Å². The van der Waals surface area contributed by atoms with Crippen molar-refractivity contribution in [3.05, 3.63) is 83.1 Å². The van der Waals surface area contributed by atoms with Crippen molar-refractivity contribution in [1.29, 1.82) is 0 Å². The van der Waals surface area contributed by atoms with Crippen LogP contribution in [0.4, 0.5) is 0 Å². The lowest BCUT2D eigenvalue weighted by atomic mass is 10.1. The first-order valence-electron chi connectivity index (χ1n) is 9.58. The summed E-state index contributed by atoms with van der Waals surface area (Å²) in [5.74, 6) is 0.841. The Kier molecular flexibility index (Phi) is 5.74. The molecule has 0 radical (unpaired) electrons. The largest absolute Gasteiger partial charge is 0.497 e. The second kappa shape index (κ2) is 8.59. The van der Waals surface area contributed by atoms with Crippen molar-refractivity contribution in [1.82, 2.24) is 20.1 Å². The Morgan fingerprint density at radius 1 is 1.07 bits per heavy atom. The Hall–Kier alpha value is -2.96. The van der Waals surface area contributed by atoms with Crippen LogP contribution in [0.1, 0.15) is 29.1 Å². The van der Waals surface area contributed by atoms with Gasteiger partial charge in [-0.1, -0.05) is 30.3 Å². The lowest BCUT2D eigenvalue weighted by Gasteiger charge is -2.13. The van der Waals surface area contributed by atoms with Crippen molar-refractivity contribution in [2.45, 2.75) is 26.4 Å². The summed E-state index contributed by atoms with van der Waals surface area (Å²) in [5.41, 5.74) is 4.50. The van der Waals surface area contributed by atoms with Crippen LogP contribution in [-0.2, 0) is 6.54 Å². The third kappa shape index (κ3) is 4.23. The van der Waals surface area contributed by atoms with Gasteiger partial charge in [0.2, 0.25) is 0 Å². The number of benzene rings is 2. The van der Waals surface area contributed by atoms with Crippen molar-refractivity contribution in [2.24, 2.45) is 0 Å². The Morgan fingerprint density at radius 2 is 1.83 bits per heavy atom. The van der Waals surface area contributed by atoms with Crippen LogP contribution in [0.25, 0.3) is 16.3 Å². The van der Waals surface area contributed by atoms with E-state index >= 15 is 0 Å². The Bertz CT molecular complexity index is 1070. The molecule has 0 saturated heterocycles. The zero-order valence-corrected chi connectivity index (χ0v) is 17.6. The van der Waals surface area contributed by atoms with E-state index in [1.54, 1.807) is 18.4 Å². The van der Waals surface area contributed by atoms with Crippen LogP contribution in [-0.4, -0.2) is 21.9 Å². The van der Waals surface area contributed by atoms with Crippen molar-refractivity contribution < 1.29 is 4.74 Å². The first-order chi connectivity index (χ1) is 14.2. The quantitative estimate of drug-likeness (QED) is 0.462. The molecule has 0 fully saturated rings. The summed E-state index contributed by atoms with van der Waals surface area (Å²) in [4.78, 5) is 5.78. The first-order valence-corrected chi connectivity index (χ1v) is 10.4. The van der Waals surface area contributed by atoms with Gasteiger partial charge in [-0.05, 0) is 38.1 Å². The maximum absolute atomic E-state index is 5.24. The zero-order valence-electron chi connectivity index (χ0n) is 16.8. The average molecular weight is 405 g/mol. The van der Waals surface area contributed by atoms with Gasteiger partial charge >= 0.3 is 0 Å². The van der Waals surface area contributed by atoms with Gasteiger partial charge in [0, 0.05) is 40.5 Å². The summed E-state index contributed by atoms with van der Waals surface area (Å²) >= 11 is 1.73. The number of thiazole rings is 1. The van der Waals surface area contributed by atoms with Crippen molar-refractivity contribution in [2.75, 3.05) is 7.11 Å². The molecule has 2 aromatic heterocycles. The second-order valence-corrected chi connectivity index (χ2v) is 8.01. The van der Waals surface area contributed by atoms with E-state index in [4.69, 9.17) is 4.74 Å². The fraction of sp³-hybridized carbons (Fsp3) is 0.217. The van der Waals surface area contributed by atoms with Crippen molar-refractivity contribution >= 4 is 11.3 Å². The molecule has 1 N–H and O–H groups in total. The monoisotopic (exact) mass is 404 g/mol. The predicted octanol–water partition coefficient (Wildman–Crippen LogP) is 5.16. The number of nitrogens with zero attached hydrogens (tertiary/aromatic N) is 3. The molecule has 0 aliphatic rings. The molecule has 148 valence electrons. The van der Waals surface area contributed by atoms with E-state index in [0.717, 1.165) is 34.2 Å². The van der Waals surface area contributed by atoms with Gasteiger partial charge in [0.15, 0.2) is 0 Å². The molecule has 0 bridgehead atoms. The maximum Gasteiger partial charge on any atom is 0.123 e. The fourth-order valence-corrected chi connectivity index (χ4v) is 4.17. The summed E-state index contributed by atoms with van der Waals surface area (Å²) in [6, 6.07) is 18.4. The Labute approximate surface area is 175 Å². The molecule has 2 heterocycles. The number of aromatic nitrogens is 3. The van der Waals surface area contributed by atoms with Crippen molar-refractivity contribution in [3.63, 3.8) is 0 Å². The number of rotatable bonds is 7. The molecular weight excluding hydrogens is 380 g/mol. The van der Waals surface area contributed by atoms with E-state index in [2.05, 4.69) is 41.4 Å². The molecule has 5 nitrogen and oxygen atoms in total. The third-order valence-corrected chi connectivity index (χ3v) is 6.03. The van der Waals surface area contributed by atoms with Crippen LogP contribution in [0.5, 0.6) is 5.75 Å². The van der Waals surface area contributed by atoms with E-state index in [9.17, 15) is 0 Å². The highest BCUT2D eigenvalue weighted by molar-refractivity contribution is 7.15. The molecule has 2 aromatic carbocycles. The maximum atomic E-state index is 5.24. The molecule has 0 aliphatic carbocycles. The topological polar surface area (TPSA) is 52.0 Å². The molecular formula is C23H24N4OS. The molecule has 29 heavy (non-hydrogen) atoms. The van der Waals surface area contributed by atoms with Gasteiger partial charge in [-0.15, -0.1) is 11.3 Å². The van der Waals surface area contributed by atoms with Crippen molar-refractivity contribution in [3.8, 4) is 22.0 Å². The Balaban J connectivity index is 1.43. The average Bonchev–Trinajstić information content (AvgIpc) is 3.40. The number of methoxy groups -OCH3 is 1. The van der Waals surface area contributed by atoms with Gasteiger partial charge in [0.1, 0.15) is 10.8 Å². The van der Waals surface area contributed by atoms with Crippen LogP contribution in [0.15, 0.2) is 67.0 Å². The minimum atomic E-state index is 0.185. The van der Waals surface area contributed by atoms with Gasteiger partial charge in [0.05, 0.1) is 19.0 Å². The molecule has 0 amide bonds. The summed E-state index contributed by atoms with van der Waals surface area (Å²) < 4.78 is 7.20. The minimum Gasteiger partial charge on any atom is -0.497 e. The standard InChI is InChI=1S/C23H24N4OS/c1-16(24-13-21-14-25-23(29-21)18-7-5-4-6-8-18)22-15-26-27(17(22)2)19-9-11-20(28-3)12-10-19/h4-12,14-16,24H,13H2,1-3H3/t16-/m0/s1. The van der Waals surface area contributed by atoms with Gasteiger partial charge in [-0.3, -0.25) is 0 Å². The van der Waals surface area contributed by atoms with Gasteiger partial charge in [-0.2, -0.15) is 5.10 Å². The highest BCUT2D eigenvalue weighted by Gasteiger charge is 2.15. The van der Waals surface area contributed by atoms with E-state index in [1.165, 1.54) is 10.4 Å². The number of ether oxygens (including phenoxy) is 1. The van der Waals surface area contributed by atoms with Crippen LogP contribution in [0, 0.1) is 6.92 Å². The van der Waals surface area contributed by atoms with Gasteiger partial charge in [0.25, 0.3) is 0 Å². The van der Waals surface area contributed by atoms with Crippen LogP contribution >= 0.6 is 11.3 Å². The van der Waals surface area contributed by atoms with E-state index in [1.807, 2.05) is 59.5 Å². The van der Waals surface area contributed by atoms with Crippen LogP contribution in [0.3, 0.4) is 0 Å². The second-order valence-electron chi connectivity index (χ2n) is 6.90. The van der Waals surface area contributed by atoms with Gasteiger partial charge in [-0.25, -0.2) is 9.67 Å². The summed E-state index contributed by atoms with van der Waals surface area (Å²) in [6.45, 7) is 5.05. The lowest BCUT2D eigenvalue weighted by molar-refractivity contribution is 0.414. The smallest absolute Gasteiger partial charge is 0.123 e. The fourth-order valence-electron chi connectivity index (χ4n) is 3.30. The molecule has 4 aromatic rings. The molecule has 0 aliphatic heterocycles. The number of hydrogen-bond acceptors (Lipinski definition) is 5. The number of nitrogens with one attached hydrogen (secondary N) is 1. The van der Waals surface area contributed by atoms with E-state index < -0.39 is 0 Å². The SMILES string of the molecule is COc1ccc(-n2ncc([C@H](C)NCc3cnc(-c4ccccc4)s3)c2C)cc1. The minimum absolute atomic E-state index is 0.185. The van der Waals surface area contributed by atoms with E-state index in [-0.39, 0.29) is 6.04 Å². The Morgan fingerprint density at radius 3 is 2.55 bits per heavy atom. The predicted molar refractivity (Wildman–Crippen MR) is 118 cm³/mol. The molecule has 0 spiro atoms. The lowest BCUT2D eigenvalue weighted by Crippen LogP contribution is -2.18. The normalized spacial score (nSPS) is 12.1. The summed E-state index contributed by atoms with van der Waals surface area (Å²) in [6.07, 6.45) is 3.90. The first kappa shape index (κ1) is 19.4. The van der Waals surface area contributed by atoms with E-state index in [0.29, 0.717) is 0 Å². The summed E-state index contributed by atoms with van der Waals surface area (Å²) in [5, 5.41) is 9.24. The number of hydrogen-bond donors (Lipinski definition) is 1.